The van der Waals surface area contributed by atoms with Crippen LogP contribution in [0.25, 0.3) is 11.3 Å². The van der Waals surface area contributed by atoms with E-state index in [2.05, 4.69) is 15.5 Å². The summed E-state index contributed by atoms with van der Waals surface area (Å²) in [5.41, 5.74) is 1.55. The molecular weight excluding hydrogens is 268 g/mol. The summed E-state index contributed by atoms with van der Waals surface area (Å²) in [4.78, 5) is 0. The first-order valence-corrected chi connectivity index (χ1v) is 6.48. The van der Waals surface area contributed by atoms with E-state index in [4.69, 9.17) is 14.7 Å². The molecular formula is C15H16N4O2. The summed E-state index contributed by atoms with van der Waals surface area (Å²) in [6.07, 6.45) is 1.84. The second-order valence-corrected chi connectivity index (χ2v) is 4.57. The first-order chi connectivity index (χ1) is 10.1. The topological polar surface area (TPSA) is 80.1 Å². The highest BCUT2D eigenvalue weighted by molar-refractivity contribution is 5.64. The number of hydrogen-bond donors (Lipinski definition) is 1. The smallest absolute Gasteiger partial charge is 0.182 e. The second kappa shape index (κ2) is 6.57. The van der Waals surface area contributed by atoms with Crippen LogP contribution in [-0.2, 0) is 0 Å². The molecule has 0 amide bonds. The summed E-state index contributed by atoms with van der Waals surface area (Å²) in [5.74, 6) is 1.74. The van der Waals surface area contributed by atoms with Gasteiger partial charge >= 0.3 is 0 Å². The van der Waals surface area contributed by atoms with Gasteiger partial charge in [0.1, 0.15) is 0 Å². The average Bonchev–Trinajstić information content (AvgIpc) is 2.48. The highest BCUT2D eigenvalue weighted by atomic mass is 16.5. The van der Waals surface area contributed by atoms with Gasteiger partial charge < -0.3 is 9.47 Å². The van der Waals surface area contributed by atoms with Crippen molar-refractivity contribution < 1.29 is 9.47 Å². The molecule has 6 nitrogen and oxygen atoms in total. The number of aromatic nitrogens is 2. The van der Waals surface area contributed by atoms with Crippen LogP contribution in [0.5, 0.6) is 11.5 Å². The molecule has 0 bridgehead atoms. The fourth-order valence-electron chi connectivity index (χ4n) is 1.79. The average molecular weight is 284 g/mol. The Bertz CT molecular complexity index is 648. The molecule has 6 heteroatoms. The van der Waals surface area contributed by atoms with E-state index in [0.717, 1.165) is 5.56 Å². The standard InChI is InChI=1S/C15H16N4O2/c1-10(2)21-14-8-11(4-6-13(14)20-3)12-5-7-15(17-9-16)19-18-12/h4-8,10H,1-3H3,(H,17,19). The van der Waals surface area contributed by atoms with Gasteiger partial charge in [-0.05, 0) is 44.2 Å². The van der Waals surface area contributed by atoms with Gasteiger partial charge in [-0.15, -0.1) is 10.2 Å². The van der Waals surface area contributed by atoms with Crippen molar-refractivity contribution in [3.05, 3.63) is 30.3 Å². The third-order valence-corrected chi connectivity index (χ3v) is 2.67. The van der Waals surface area contributed by atoms with Crippen LogP contribution in [0.15, 0.2) is 30.3 Å². The molecule has 0 radical (unpaired) electrons. The van der Waals surface area contributed by atoms with Crippen molar-refractivity contribution >= 4 is 5.82 Å². The predicted octanol–water partition coefficient (Wildman–Crippen LogP) is 2.83. The van der Waals surface area contributed by atoms with Crippen LogP contribution in [0, 0.1) is 11.5 Å². The van der Waals surface area contributed by atoms with Gasteiger partial charge in [-0.1, -0.05) is 0 Å². The zero-order valence-electron chi connectivity index (χ0n) is 12.1. The summed E-state index contributed by atoms with van der Waals surface area (Å²) in [5, 5.41) is 19.0. The van der Waals surface area contributed by atoms with Crippen LogP contribution in [0.3, 0.4) is 0 Å². The van der Waals surface area contributed by atoms with Crippen LogP contribution in [-0.4, -0.2) is 23.4 Å². The zero-order valence-corrected chi connectivity index (χ0v) is 12.1. The number of anilines is 1. The Kier molecular flexibility index (Phi) is 4.57. The van der Waals surface area contributed by atoms with Crippen LogP contribution >= 0.6 is 0 Å². The first kappa shape index (κ1) is 14.6. The molecule has 1 aromatic heterocycles. The van der Waals surface area contributed by atoms with Crippen molar-refractivity contribution in [2.45, 2.75) is 20.0 Å². The molecule has 2 aromatic rings. The number of methoxy groups -OCH3 is 1. The minimum absolute atomic E-state index is 0.0439. The van der Waals surface area contributed by atoms with Gasteiger partial charge in [-0.2, -0.15) is 5.26 Å². The number of nitrogens with zero attached hydrogens (tertiary/aromatic N) is 3. The molecule has 1 N–H and O–H groups in total. The lowest BCUT2D eigenvalue weighted by molar-refractivity contribution is 0.230. The molecule has 0 aliphatic rings. The maximum atomic E-state index is 8.52. The third kappa shape index (κ3) is 3.60. The number of benzene rings is 1. The van der Waals surface area contributed by atoms with Crippen LogP contribution in [0.1, 0.15) is 13.8 Å². The van der Waals surface area contributed by atoms with Crippen molar-refractivity contribution in [2.75, 3.05) is 12.4 Å². The lowest BCUT2D eigenvalue weighted by Crippen LogP contribution is -2.06. The molecule has 21 heavy (non-hydrogen) atoms. The summed E-state index contributed by atoms with van der Waals surface area (Å²) in [7, 11) is 1.60. The van der Waals surface area contributed by atoms with E-state index >= 15 is 0 Å². The van der Waals surface area contributed by atoms with Crippen molar-refractivity contribution in [3.63, 3.8) is 0 Å². The maximum Gasteiger partial charge on any atom is 0.182 e. The first-order valence-electron chi connectivity index (χ1n) is 6.48. The summed E-state index contributed by atoms with van der Waals surface area (Å²) in [6, 6.07) is 9.05. The van der Waals surface area contributed by atoms with Gasteiger partial charge in [0.05, 0.1) is 18.9 Å². The van der Waals surface area contributed by atoms with Crippen molar-refractivity contribution in [1.29, 1.82) is 5.26 Å². The van der Waals surface area contributed by atoms with Crippen molar-refractivity contribution in [1.82, 2.24) is 10.2 Å². The molecule has 0 fully saturated rings. The highest BCUT2D eigenvalue weighted by Gasteiger charge is 2.10. The summed E-state index contributed by atoms with van der Waals surface area (Å²) in [6.45, 7) is 3.91. The normalized spacial score (nSPS) is 10.0. The van der Waals surface area contributed by atoms with E-state index < -0.39 is 0 Å². The number of rotatable bonds is 5. The molecule has 2 rings (SSSR count). The predicted molar refractivity (Wildman–Crippen MR) is 79.0 cm³/mol. The SMILES string of the molecule is COc1ccc(-c2ccc(NC#N)nn2)cc1OC(C)C. The van der Waals surface area contributed by atoms with Gasteiger partial charge in [0.2, 0.25) is 0 Å². The Morgan fingerprint density at radius 3 is 2.52 bits per heavy atom. The number of hydrogen-bond acceptors (Lipinski definition) is 6. The third-order valence-electron chi connectivity index (χ3n) is 2.67. The van der Waals surface area contributed by atoms with Crippen LogP contribution < -0.4 is 14.8 Å². The molecule has 0 atom stereocenters. The van der Waals surface area contributed by atoms with Crippen LogP contribution in [0.4, 0.5) is 5.82 Å². The second-order valence-electron chi connectivity index (χ2n) is 4.57. The fraction of sp³-hybridized carbons (Fsp3) is 0.267. The monoisotopic (exact) mass is 284 g/mol. The molecule has 0 aliphatic heterocycles. The Morgan fingerprint density at radius 1 is 1.14 bits per heavy atom. The molecule has 1 heterocycles. The van der Waals surface area contributed by atoms with Gasteiger partial charge in [-0.25, -0.2) is 0 Å². The van der Waals surface area contributed by atoms with Gasteiger partial charge in [0, 0.05) is 5.56 Å². The molecule has 1 aromatic carbocycles. The van der Waals surface area contributed by atoms with E-state index in [1.807, 2.05) is 32.0 Å². The molecule has 0 aliphatic carbocycles. The highest BCUT2D eigenvalue weighted by Crippen LogP contribution is 2.32. The summed E-state index contributed by atoms with van der Waals surface area (Å²) < 4.78 is 11.0. The van der Waals surface area contributed by atoms with Gasteiger partial charge in [0.15, 0.2) is 23.5 Å². The fourth-order valence-corrected chi connectivity index (χ4v) is 1.79. The number of nitrogens with one attached hydrogen (secondary N) is 1. The molecule has 108 valence electrons. The molecule has 0 unspecified atom stereocenters. The lowest BCUT2D eigenvalue weighted by Gasteiger charge is -2.14. The largest absolute Gasteiger partial charge is 0.493 e. The molecule has 0 saturated carbocycles. The quantitative estimate of drug-likeness (QED) is 0.671. The van der Waals surface area contributed by atoms with E-state index in [0.29, 0.717) is 23.0 Å². The Hall–Kier alpha value is -2.81. The number of ether oxygens (including phenoxy) is 2. The van der Waals surface area contributed by atoms with E-state index in [1.165, 1.54) is 0 Å². The zero-order chi connectivity index (χ0) is 15.2. The van der Waals surface area contributed by atoms with Crippen LogP contribution in [0.2, 0.25) is 0 Å². The lowest BCUT2D eigenvalue weighted by atomic mass is 10.1. The van der Waals surface area contributed by atoms with E-state index in [-0.39, 0.29) is 6.10 Å². The molecule has 0 spiro atoms. The minimum atomic E-state index is 0.0439. The van der Waals surface area contributed by atoms with E-state index in [1.54, 1.807) is 25.4 Å². The maximum absolute atomic E-state index is 8.52. The summed E-state index contributed by atoms with van der Waals surface area (Å²) >= 11 is 0. The Morgan fingerprint density at radius 2 is 1.95 bits per heavy atom. The minimum Gasteiger partial charge on any atom is -0.493 e. The van der Waals surface area contributed by atoms with Gasteiger partial charge in [0.25, 0.3) is 0 Å². The van der Waals surface area contributed by atoms with Crippen molar-refractivity contribution in [3.8, 4) is 28.9 Å². The molecule has 0 saturated heterocycles. The number of nitriles is 1. The Balaban J connectivity index is 2.33. The Labute approximate surface area is 123 Å². The van der Waals surface area contributed by atoms with Gasteiger partial charge in [-0.3, -0.25) is 5.32 Å². The van der Waals surface area contributed by atoms with Crippen molar-refractivity contribution in [2.24, 2.45) is 0 Å². The van der Waals surface area contributed by atoms with E-state index in [9.17, 15) is 0 Å².